The summed E-state index contributed by atoms with van der Waals surface area (Å²) in [5.41, 5.74) is 2.74. The van der Waals surface area contributed by atoms with Crippen LogP contribution >= 0.6 is 15.9 Å². The summed E-state index contributed by atoms with van der Waals surface area (Å²) in [4.78, 5) is 29.1. The highest BCUT2D eigenvalue weighted by Gasteiger charge is 2.35. The fourth-order valence-electron chi connectivity index (χ4n) is 3.20. The van der Waals surface area contributed by atoms with Crippen molar-refractivity contribution in [1.29, 1.82) is 0 Å². The molecule has 2 amide bonds. The van der Waals surface area contributed by atoms with E-state index in [-0.39, 0.29) is 11.8 Å². The molecule has 1 saturated heterocycles. The maximum atomic E-state index is 12.9. The molecule has 0 spiro atoms. The third kappa shape index (κ3) is 3.68. The second-order valence-electron chi connectivity index (χ2n) is 6.92. The first-order valence-corrected chi connectivity index (χ1v) is 9.65. The van der Waals surface area contributed by atoms with E-state index in [9.17, 15) is 9.59 Å². The fourth-order valence-corrected chi connectivity index (χ4v) is 3.47. The molecule has 2 aromatic rings. The number of anilines is 1. The van der Waals surface area contributed by atoms with Gasteiger partial charge in [0.2, 0.25) is 5.91 Å². The van der Waals surface area contributed by atoms with Crippen LogP contribution < -0.4 is 4.90 Å². The van der Waals surface area contributed by atoms with Crippen LogP contribution in [0.4, 0.5) is 5.69 Å². The SMILES string of the molecule is CC(C)c1ccc(N2CCN(C(=O)c3ccc(Br)cc3)[C@@H](C)C2=O)cc1. The number of amides is 2. The van der Waals surface area contributed by atoms with Crippen molar-refractivity contribution in [1.82, 2.24) is 4.90 Å². The molecule has 4 nitrogen and oxygen atoms in total. The van der Waals surface area contributed by atoms with Crippen LogP contribution in [0.25, 0.3) is 0 Å². The van der Waals surface area contributed by atoms with Crippen LogP contribution in [-0.2, 0) is 4.79 Å². The molecule has 3 rings (SSSR count). The van der Waals surface area contributed by atoms with Gasteiger partial charge in [0.05, 0.1) is 0 Å². The molecule has 136 valence electrons. The molecule has 0 radical (unpaired) electrons. The van der Waals surface area contributed by atoms with Crippen LogP contribution in [0, 0.1) is 0 Å². The van der Waals surface area contributed by atoms with Gasteiger partial charge < -0.3 is 9.80 Å². The van der Waals surface area contributed by atoms with E-state index in [1.54, 1.807) is 28.9 Å². The average molecular weight is 415 g/mol. The molecule has 2 aromatic carbocycles. The van der Waals surface area contributed by atoms with E-state index in [2.05, 4.69) is 41.9 Å². The Kier molecular flexibility index (Phi) is 5.47. The summed E-state index contributed by atoms with van der Waals surface area (Å²) in [5, 5.41) is 0. The van der Waals surface area contributed by atoms with Crippen LogP contribution in [0.3, 0.4) is 0 Å². The number of carbonyl (C=O) groups excluding carboxylic acids is 2. The van der Waals surface area contributed by atoms with Gasteiger partial charge in [-0.05, 0) is 54.8 Å². The second kappa shape index (κ2) is 7.62. The Morgan fingerprint density at radius 2 is 1.65 bits per heavy atom. The molecular formula is C21H23BrN2O2. The number of halogens is 1. The molecule has 0 bridgehead atoms. The number of piperazine rings is 1. The second-order valence-corrected chi connectivity index (χ2v) is 7.83. The van der Waals surface area contributed by atoms with Gasteiger partial charge in [-0.2, -0.15) is 0 Å². The number of benzene rings is 2. The van der Waals surface area contributed by atoms with E-state index >= 15 is 0 Å². The highest BCUT2D eigenvalue weighted by Crippen LogP contribution is 2.24. The van der Waals surface area contributed by atoms with Crippen LogP contribution in [0.15, 0.2) is 53.0 Å². The van der Waals surface area contributed by atoms with Gasteiger partial charge in [0.1, 0.15) is 6.04 Å². The first-order valence-electron chi connectivity index (χ1n) is 8.86. The standard InChI is InChI=1S/C21H23BrN2O2/c1-14(2)16-6-10-19(11-7-16)24-13-12-23(15(3)20(24)25)21(26)17-4-8-18(22)9-5-17/h4-11,14-15H,12-13H2,1-3H3/t15-/m0/s1. The zero-order chi connectivity index (χ0) is 18.8. The molecule has 26 heavy (non-hydrogen) atoms. The quantitative estimate of drug-likeness (QED) is 0.743. The van der Waals surface area contributed by atoms with Crippen molar-refractivity contribution in [2.75, 3.05) is 18.0 Å². The zero-order valence-corrected chi connectivity index (χ0v) is 16.9. The molecule has 1 aliphatic heterocycles. The maximum absolute atomic E-state index is 12.9. The largest absolute Gasteiger partial charge is 0.325 e. The average Bonchev–Trinajstić information content (AvgIpc) is 2.64. The van der Waals surface area contributed by atoms with E-state index in [1.807, 2.05) is 24.3 Å². The maximum Gasteiger partial charge on any atom is 0.254 e. The predicted molar refractivity (Wildman–Crippen MR) is 108 cm³/mol. The number of rotatable bonds is 3. The molecular weight excluding hydrogens is 392 g/mol. The van der Waals surface area contributed by atoms with Gasteiger partial charge in [-0.15, -0.1) is 0 Å². The van der Waals surface area contributed by atoms with E-state index in [0.29, 0.717) is 24.6 Å². The molecule has 5 heteroatoms. The summed E-state index contributed by atoms with van der Waals surface area (Å²) in [6.45, 7) is 7.12. The summed E-state index contributed by atoms with van der Waals surface area (Å²) in [5.74, 6) is 0.311. The van der Waals surface area contributed by atoms with Crippen LogP contribution in [0.2, 0.25) is 0 Å². The van der Waals surface area contributed by atoms with Gasteiger partial charge in [-0.3, -0.25) is 9.59 Å². The summed E-state index contributed by atoms with van der Waals surface area (Å²) in [6.07, 6.45) is 0. The Morgan fingerprint density at radius 3 is 2.23 bits per heavy atom. The van der Waals surface area contributed by atoms with E-state index in [0.717, 1.165) is 10.2 Å². The van der Waals surface area contributed by atoms with Crippen molar-refractivity contribution in [3.63, 3.8) is 0 Å². The highest BCUT2D eigenvalue weighted by atomic mass is 79.9. The lowest BCUT2D eigenvalue weighted by atomic mass is 10.0. The Balaban J connectivity index is 1.76. The molecule has 0 N–H and O–H groups in total. The van der Waals surface area contributed by atoms with Crippen LogP contribution in [0.5, 0.6) is 0 Å². The Labute approximate surface area is 162 Å². The predicted octanol–water partition coefficient (Wildman–Crippen LogP) is 4.45. The zero-order valence-electron chi connectivity index (χ0n) is 15.3. The van der Waals surface area contributed by atoms with Gasteiger partial charge in [-0.1, -0.05) is 41.9 Å². The molecule has 0 aromatic heterocycles. The normalized spacial score (nSPS) is 17.7. The molecule has 0 unspecified atom stereocenters. The number of carbonyl (C=O) groups is 2. The number of hydrogen-bond donors (Lipinski definition) is 0. The fraction of sp³-hybridized carbons (Fsp3) is 0.333. The van der Waals surface area contributed by atoms with Crippen molar-refractivity contribution in [2.24, 2.45) is 0 Å². The van der Waals surface area contributed by atoms with Gasteiger partial charge in [0, 0.05) is 28.8 Å². The van der Waals surface area contributed by atoms with Crippen molar-refractivity contribution < 1.29 is 9.59 Å². The number of hydrogen-bond acceptors (Lipinski definition) is 2. The molecule has 0 aliphatic carbocycles. The molecule has 0 saturated carbocycles. The lowest BCUT2D eigenvalue weighted by molar-refractivity contribution is -0.124. The van der Waals surface area contributed by atoms with Crippen molar-refractivity contribution in [3.05, 3.63) is 64.1 Å². The Bertz CT molecular complexity index is 800. The number of nitrogens with zero attached hydrogens (tertiary/aromatic N) is 2. The first-order chi connectivity index (χ1) is 12.4. The van der Waals surface area contributed by atoms with Crippen molar-refractivity contribution in [3.8, 4) is 0 Å². The van der Waals surface area contributed by atoms with Crippen LogP contribution in [-0.4, -0.2) is 35.8 Å². The van der Waals surface area contributed by atoms with Crippen molar-refractivity contribution >= 4 is 33.4 Å². The highest BCUT2D eigenvalue weighted by molar-refractivity contribution is 9.10. The monoisotopic (exact) mass is 414 g/mol. The summed E-state index contributed by atoms with van der Waals surface area (Å²) >= 11 is 3.37. The summed E-state index contributed by atoms with van der Waals surface area (Å²) < 4.78 is 0.924. The molecule has 1 heterocycles. The van der Waals surface area contributed by atoms with Gasteiger partial charge in [0.15, 0.2) is 0 Å². The first kappa shape index (κ1) is 18.6. The van der Waals surface area contributed by atoms with E-state index in [4.69, 9.17) is 0 Å². The van der Waals surface area contributed by atoms with E-state index in [1.165, 1.54) is 5.56 Å². The van der Waals surface area contributed by atoms with Gasteiger partial charge in [-0.25, -0.2) is 0 Å². The summed E-state index contributed by atoms with van der Waals surface area (Å²) in [7, 11) is 0. The lowest BCUT2D eigenvalue weighted by Crippen LogP contribution is -2.57. The van der Waals surface area contributed by atoms with Crippen molar-refractivity contribution in [2.45, 2.75) is 32.7 Å². The van der Waals surface area contributed by atoms with Gasteiger partial charge in [0.25, 0.3) is 5.91 Å². The van der Waals surface area contributed by atoms with Gasteiger partial charge >= 0.3 is 0 Å². The minimum Gasteiger partial charge on any atom is -0.325 e. The molecule has 1 fully saturated rings. The minimum atomic E-state index is -0.482. The van der Waals surface area contributed by atoms with E-state index < -0.39 is 6.04 Å². The molecule has 1 aliphatic rings. The minimum absolute atomic E-state index is 0.0426. The third-order valence-electron chi connectivity index (χ3n) is 4.88. The third-order valence-corrected chi connectivity index (χ3v) is 5.41. The Morgan fingerprint density at radius 1 is 1.04 bits per heavy atom. The Hall–Kier alpha value is -2.14. The summed E-state index contributed by atoms with van der Waals surface area (Å²) in [6, 6.07) is 14.9. The molecule has 1 atom stereocenters. The van der Waals surface area contributed by atoms with Crippen LogP contribution in [0.1, 0.15) is 42.6 Å². The topological polar surface area (TPSA) is 40.6 Å². The lowest BCUT2D eigenvalue weighted by Gasteiger charge is -2.39. The smallest absolute Gasteiger partial charge is 0.254 e.